The summed E-state index contributed by atoms with van der Waals surface area (Å²) in [5.74, 6) is 0.638. The SMILES string of the molecule is CCOc1ccccc1N1CC[NH+](CC(=O)NCC(=O)NC)CC1. The molecular formula is C17H27N4O3+. The van der Waals surface area contributed by atoms with Gasteiger partial charge >= 0.3 is 0 Å². The van der Waals surface area contributed by atoms with Crippen LogP contribution in [0.1, 0.15) is 6.92 Å². The molecule has 1 aliphatic heterocycles. The summed E-state index contributed by atoms with van der Waals surface area (Å²) in [7, 11) is 1.55. The maximum Gasteiger partial charge on any atom is 0.275 e. The van der Waals surface area contributed by atoms with Crippen molar-refractivity contribution in [3.63, 3.8) is 0 Å². The van der Waals surface area contributed by atoms with E-state index >= 15 is 0 Å². The molecule has 0 saturated carbocycles. The summed E-state index contributed by atoms with van der Waals surface area (Å²) in [5, 5.41) is 5.13. The van der Waals surface area contributed by atoms with Crippen LogP contribution in [-0.4, -0.2) is 64.7 Å². The normalized spacial score (nSPS) is 15.0. The number of benzene rings is 1. The van der Waals surface area contributed by atoms with Crippen LogP contribution in [0.3, 0.4) is 0 Å². The Bertz CT molecular complexity index is 557. The summed E-state index contributed by atoms with van der Waals surface area (Å²) < 4.78 is 5.70. The molecule has 1 heterocycles. The Morgan fingerprint density at radius 3 is 2.58 bits per heavy atom. The lowest BCUT2D eigenvalue weighted by Gasteiger charge is -2.34. The van der Waals surface area contributed by atoms with Gasteiger partial charge in [-0.15, -0.1) is 0 Å². The quantitative estimate of drug-likeness (QED) is 0.576. The van der Waals surface area contributed by atoms with Gasteiger partial charge in [0.05, 0.1) is 45.0 Å². The van der Waals surface area contributed by atoms with E-state index in [1.54, 1.807) is 7.05 Å². The van der Waals surface area contributed by atoms with Gasteiger partial charge in [-0.25, -0.2) is 0 Å². The number of carbonyl (C=O) groups is 2. The molecule has 0 aliphatic carbocycles. The van der Waals surface area contributed by atoms with Crippen LogP contribution in [0.25, 0.3) is 0 Å². The van der Waals surface area contributed by atoms with Crippen molar-refractivity contribution in [1.82, 2.24) is 10.6 Å². The molecule has 7 nitrogen and oxygen atoms in total. The molecule has 0 bridgehead atoms. The minimum absolute atomic E-state index is 0.0382. The number of nitrogens with zero attached hydrogens (tertiary/aromatic N) is 1. The van der Waals surface area contributed by atoms with Crippen LogP contribution < -0.4 is 25.2 Å². The summed E-state index contributed by atoms with van der Waals surface area (Å²) in [5.41, 5.74) is 1.11. The molecule has 1 fully saturated rings. The van der Waals surface area contributed by atoms with Crippen LogP contribution in [0.2, 0.25) is 0 Å². The number of ether oxygens (including phenoxy) is 1. The molecule has 7 heteroatoms. The molecule has 0 unspecified atom stereocenters. The predicted molar refractivity (Wildman–Crippen MR) is 92.5 cm³/mol. The second kappa shape index (κ2) is 9.12. The lowest BCUT2D eigenvalue weighted by Crippen LogP contribution is -3.16. The number of likely N-dealkylation sites (N-methyl/N-ethyl adjacent to an activating group) is 1. The molecule has 132 valence electrons. The van der Waals surface area contributed by atoms with Crippen molar-refractivity contribution in [2.75, 3.05) is 57.8 Å². The van der Waals surface area contributed by atoms with E-state index < -0.39 is 0 Å². The average Bonchev–Trinajstić information content (AvgIpc) is 2.61. The topological polar surface area (TPSA) is 75.1 Å². The van der Waals surface area contributed by atoms with Gasteiger partial charge in [0.25, 0.3) is 5.91 Å². The predicted octanol–water partition coefficient (Wildman–Crippen LogP) is -1.35. The van der Waals surface area contributed by atoms with E-state index in [0.29, 0.717) is 13.2 Å². The van der Waals surface area contributed by atoms with Gasteiger partial charge in [-0.3, -0.25) is 9.59 Å². The third kappa shape index (κ3) is 5.13. The number of hydrogen-bond acceptors (Lipinski definition) is 4. The first-order valence-corrected chi connectivity index (χ1v) is 8.41. The Kier molecular flexibility index (Phi) is 6.87. The molecule has 0 atom stereocenters. The summed E-state index contributed by atoms with van der Waals surface area (Å²) >= 11 is 0. The number of carbonyl (C=O) groups excluding carboxylic acids is 2. The van der Waals surface area contributed by atoms with E-state index in [1.807, 2.05) is 25.1 Å². The van der Waals surface area contributed by atoms with Crippen LogP contribution in [0, 0.1) is 0 Å². The average molecular weight is 335 g/mol. The molecule has 1 aromatic rings. The second-order valence-electron chi connectivity index (χ2n) is 5.76. The zero-order chi connectivity index (χ0) is 17.4. The number of quaternary nitrogens is 1. The van der Waals surface area contributed by atoms with Gasteiger partial charge in [-0.2, -0.15) is 0 Å². The molecule has 1 saturated heterocycles. The molecule has 0 aromatic heterocycles. The van der Waals surface area contributed by atoms with Crippen LogP contribution >= 0.6 is 0 Å². The highest BCUT2D eigenvalue weighted by Crippen LogP contribution is 2.27. The van der Waals surface area contributed by atoms with Crippen molar-refractivity contribution >= 4 is 17.5 Å². The molecule has 1 aliphatic rings. The van der Waals surface area contributed by atoms with Crippen molar-refractivity contribution < 1.29 is 19.2 Å². The van der Waals surface area contributed by atoms with E-state index in [0.717, 1.165) is 37.6 Å². The molecule has 0 spiro atoms. The van der Waals surface area contributed by atoms with Crippen LogP contribution in [0.15, 0.2) is 24.3 Å². The lowest BCUT2D eigenvalue weighted by molar-refractivity contribution is -0.892. The van der Waals surface area contributed by atoms with Gasteiger partial charge in [-0.05, 0) is 19.1 Å². The molecule has 1 aromatic carbocycles. The molecule has 24 heavy (non-hydrogen) atoms. The standard InChI is InChI=1S/C17H26N4O3/c1-3-24-15-7-5-4-6-14(15)21-10-8-20(9-11-21)13-17(23)19-12-16(22)18-2/h4-7H,3,8-13H2,1-2H3,(H,18,22)(H,19,23)/p+1. The van der Waals surface area contributed by atoms with Crippen molar-refractivity contribution in [2.24, 2.45) is 0 Å². The van der Waals surface area contributed by atoms with Gasteiger partial charge in [-0.1, -0.05) is 12.1 Å². The summed E-state index contributed by atoms with van der Waals surface area (Å²) in [4.78, 5) is 26.6. The van der Waals surface area contributed by atoms with Crippen molar-refractivity contribution in [2.45, 2.75) is 6.92 Å². The van der Waals surface area contributed by atoms with E-state index in [4.69, 9.17) is 4.74 Å². The first-order chi connectivity index (χ1) is 11.6. The number of para-hydroxylation sites is 2. The zero-order valence-electron chi connectivity index (χ0n) is 14.4. The van der Waals surface area contributed by atoms with E-state index in [2.05, 4.69) is 21.6 Å². The number of rotatable bonds is 7. The van der Waals surface area contributed by atoms with Gasteiger partial charge in [0.1, 0.15) is 5.75 Å². The molecular weight excluding hydrogens is 308 g/mol. The van der Waals surface area contributed by atoms with E-state index in [-0.39, 0.29) is 18.4 Å². The van der Waals surface area contributed by atoms with E-state index in [1.165, 1.54) is 4.90 Å². The van der Waals surface area contributed by atoms with Crippen molar-refractivity contribution in [3.8, 4) is 5.75 Å². The Hall–Kier alpha value is -2.28. The Balaban J connectivity index is 1.81. The fourth-order valence-corrected chi connectivity index (χ4v) is 2.79. The molecule has 2 rings (SSSR count). The van der Waals surface area contributed by atoms with Crippen LogP contribution in [-0.2, 0) is 9.59 Å². The second-order valence-corrected chi connectivity index (χ2v) is 5.76. The number of piperazine rings is 1. The number of anilines is 1. The van der Waals surface area contributed by atoms with Crippen molar-refractivity contribution in [1.29, 1.82) is 0 Å². The molecule has 3 N–H and O–H groups in total. The monoisotopic (exact) mass is 335 g/mol. The van der Waals surface area contributed by atoms with E-state index in [9.17, 15) is 9.59 Å². The Labute approximate surface area is 142 Å². The smallest absolute Gasteiger partial charge is 0.275 e. The fraction of sp³-hybridized carbons (Fsp3) is 0.529. The Morgan fingerprint density at radius 2 is 1.92 bits per heavy atom. The van der Waals surface area contributed by atoms with Crippen LogP contribution in [0.5, 0.6) is 5.75 Å². The van der Waals surface area contributed by atoms with Gasteiger partial charge in [0, 0.05) is 7.05 Å². The van der Waals surface area contributed by atoms with Crippen molar-refractivity contribution in [3.05, 3.63) is 24.3 Å². The maximum absolute atomic E-state index is 11.9. The number of nitrogens with one attached hydrogen (secondary N) is 3. The largest absolute Gasteiger partial charge is 0.492 e. The zero-order valence-corrected chi connectivity index (χ0v) is 14.4. The molecule has 2 amide bonds. The maximum atomic E-state index is 11.9. The number of hydrogen-bond donors (Lipinski definition) is 3. The third-order valence-corrected chi connectivity index (χ3v) is 4.11. The lowest BCUT2D eigenvalue weighted by atomic mass is 10.2. The number of amides is 2. The summed E-state index contributed by atoms with van der Waals surface area (Å²) in [6.45, 7) is 6.59. The minimum atomic E-state index is -0.185. The fourth-order valence-electron chi connectivity index (χ4n) is 2.79. The minimum Gasteiger partial charge on any atom is -0.492 e. The Morgan fingerprint density at radius 1 is 1.21 bits per heavy atom. The first kappa shape index (κ1) is 18.1. The highest BCUT2D eigenvalue weighted by molar-refractivity contribution is 5.84. The van der Waals surface area contributed by atoms with Gasteiger partial charge in [0.15, 0.2) is 6.54 Å². The van der Waals surface area contributed by atoms with Gasteiger partial charge < -0.3 is 25.2 Å². The van der Waals surface area contributed by atoms with Crippen LogP contribution in [0.4, 0.5) is 5.69 Å². The van der Waals surface area contributed by atoms with Gasteiger partial charge in [0.2, 0.25) is 5.91 Å². The highest BCUT2D eigenvalue weighted by Gasteiger charge is 2.24. The summed E-state index contributed by atoms with van der Waals surface area (Å²) in [6.07, 6.45) is 0. The highest BCUT2D eigenvalue weighted by atomic mass is 16.5. The third-order valence-electron chi connectivity index (χ3n) is 4.11. The summed E-state index contributed by atoms with van der Waals surface area (Å²) in [6, 6.07) is 8.06. The molecule has 0 radical (unpaired) electrons. The first-order valence-electron chi connectivity index (χ1n) is 8.41.